The van der Waals surface area contributed by atoms with E-state index in [-0.39, 0.29) is 18.4 Å². The monoisotopic (exact) mass is 428 g/mol. The number of benzene rings is 1. The van der Waals surface area contributed by atoms with Gasteiger partial charge in [0.2, 0.25) is 5.91 Å². The van der Waals surface area contributed by atoms with E-state index in [0.717, 1.165) is 30.8 Å². The zero-order valence-electron chi connectivity index (χ0n) is 19.3. The van der Waals surface area contributed by atoms with E-state index in [4.69, 9.17) is 9.15 Å². The molecule has 1 atom stereocenters. The number of furan rings is 1. The Bertz CT molecular complexity index is 803. The predicted molar refractivity (Wildman–Crippen MR) is 122 cm³/mol. The lowest BCUT2D eigenvalue weighted by atomic mass is 10.1. The predicted octanol–water partition coefficient (Wildman–Crippen LogP) is 4.21. The number of rotatable bonds is 13. The molecule has 2 rings (SSSR count). The third-order valence-electron chi connectivity index (χ3n) is 5.32. The molecule has 0 saturated carbocycles. The highest BCUT2D eigenvalue weighted by molar-refractivity contribution is 5.80. The van der Waals surface area contributed by atoms with E-state index >= 15 is 0 Å². The van der Waals surface area contributed by atoms with Crippen LogP contribution in [0.15, 0.2) is 46.9 Å². The van der Waals surface area contributed by atoms with Gasteiger partial charge in [-0.25, -0.2) is 0 Å². The Balaban J connectivity index is 2.12. The van der Waals surface area contributed by atoms with Crippen LogP contribution in [0.1, 0.15) is 50.7 Å². The fourth-order valence-corrected chi connectivity index (χ4v) is 3.42. The van der Waals surface area contributed by atoms with Crippen LogP contribution in [0.4, 0.5) is 0 Å². The highest BCUT2D eigenvalue weighted by Crippen LogP contribution is 2.13. The van der Waals surface area contributed by atoms with Crippen LogP contribution in [-0.2, 0) is 27.3 Å². The number of amides is 1. The van der Waals surface area contributed by atoms with Crippen molar-refractivity contribution in [2.24, 2.45) is 0 Å². The Morgan fingerprint density at radius 2 is 1.81 bits per heavy atom. The topological polar surface area (TPSA) is 63.0 Å². The Labute approximate surface area is 186 Å². The van der Waals surface area contributed by atoms with Crippen molar-refractivity contribution in [1.82, 2.24) is 9.80 Å². The number of hydrogen-bond acceptors (Lipinski definition) is 5. The highest BCUT2D eigenvalue weighted by atomic mass is 16.5. The van der Waals surface area contributed by atoms with Crippen molar-refractivity contribution < 1.29 is 18.7 Å². The highest BCUT2D eigenvalue weighted by Gasteiger charge is 2.26. The molecule has 6 heteroatoms. The Morgan fingerprint density at radius 3 is 2.42 bits per heavy atom. The number of nitrogens with zero attached hydrogens (tertiary/aromatic N) is 2. The first kappa shape index (κ1) is 24.7. The third-order valence-corrected chi connectivity index (χ3v) is 5.32. The lowest BCUT2D eigenvalue weighted by molar-refractivity contribution is -0.150. The van der Waals surface area contributed by atoms with Crippen LogP contribution in [-0.4, -0.2) is 54.0 Å². The Morgan fingerprint density at radius 1 is 1.06 bits per heavy atom. The minimum Gasteiger partial charge on any atom is -0.465 e. The molecular formula is C25H36N2O4. The van der Waals surface area contributed by atoms with Gasteiger partial charge in [-0.05, 0) is 57.9 Å². The van der Waals surface area contributed by atoms with Crippen molar-refractivity contribution in [2.75, 3.05) is 26.2 Å². The maximum absolute atomic E-state index is 13.3. The van der Waals surface area contributed by atoms with Crippen molar-refractivity contribution >= 4 is 11.9 Å². The zero-order valence-corrected chi connectivity index (χ0v) is 19.3. The summed E-state index contributed by atoms with van der Waals surface area (Å²) in [5, 5.41) is 0. The number of ether oxygens (including phenoxy) is 1. The number of esters is 1. The maximum Gasteiger partial charge on any atom is 0.323 e. The maximum atomic E-state index is 13.3. The molecule has 0 unspecified atom stereocenters. The molecule has 0 N–H and O–H groups in total. The van der Waals surface area contributed by atoms with Gasteiger partial charge in [-0.15, -0.1) is 0 Å². The van der Waals surface area contributed by atoms with Gasteiger partial charge >= 0.3 is 5.97 Å². The fraction of sp³-hybridized carbons (Fsp3) is 0.520. The van der Waals surface area contributed by atoms with Crippen LogP contribution in [0.2, 0.25) is 0 Å². The van der Waals surface area contributed by atoms with Gasteiger partial charge in [-0.1, -0.05) is 43.7 Å². The molecule has 31 heavy (non-hydrogen) atoms. The van der Waals surface area contributed by atoms with E-state index in [2.05, 4.69) is 19.1 Å². The van der Waals surface area contributed by atoms with Crippen molar-refractivity contribution in [3.63, 3.8) is 0 Å². The minimum absolute atomic E-state index is 0.0164. The standard InChI is InChI=1S/C25H36N2O4/c1-5-7-16-26(21(4)25(29)30-6-2)19-24(28)27(18-23-14-13-20(3)31-23)17-15-22-11-9-8-10-12-22/h8-14,21H,5-7,15-19H2,1-4H3/t21-/m0/s1. The minimum atomic E-state index is -0.461. The Kier molecular flexibility index (Phi) is 10.3. The molecule has 1 aromatic heterocycles. The average molecular weight is 429 g/mol. The molecule has 1 heterocycles. The summed E-state index contributed by atoms with van der Waals surface area (Å²) in [6.45, 7) is 9.78. The zero-order chi connectivity index (χ0) is 22.6. The average Bonchev–Trinajstić information content (AvgIpc) is 3.18. The van der Waals surface area contributed by atoms with Crippen LogP contribution in [0, 0.1) is 6.92 Å². The first-order valence-electron chi connectivity index (χ1n) is 11.2. The summed E-state index contributed by atoms with van der Waals surface area (Å²) in [6.07, 6.45) is 2.66. The molecular weight excluding hydrogens is 392 g/mol. The van der Waals surface area contributed by atoms with Gasteiger partial charge in [0, 0.05) is 6.54 Å². The van der Waals surface area contributed by atoms with Gasteiger partial charge in [0.15, 0.2) is 0 Å². The van der Waals surface area contributed by atoms with Gasteiger partial charge in [0.05, 0.1) is 19.7 Å². The summed E-state index contributed by atoms with van der Waals surface area (Å²) >= 11 is 0. The summed E-state index contributed by atoms with van der Waals surface area (Å²) in [6, 6.07) is 13.5. The van der Waals surface area contributed by atoms with Crippen LogP contribution in [0.5, 0.6) is 0 Å². The molecule has 2 aromatic rings. The molecule has 0 fully saturated rings. The van der Waals surface area contributed by atoms with Crippen molar-refractivity contribution in [3.05, 3.63) is 59.5 Å². The van der Waals surface area contributed by atoms with E-state index < -0.39 is 6.04 Å². The van der Waals surface area contributed by atoms with E-state index in [1.54, 1.807) is 6.92 Å². The fourth-order valence-electron chi connectivity index (χ4n) is 3.42. The number of unbranched alkanes of at least 4 members (excludes halogenated alkanes) is 1. The molecule has 0 aliphatic carbocycles. The van der Waals surface area contributed by atoms with Gasteiger partial charge < -0.3 is 14.1 Å². The van der Waals surface area contributed by atoms with Crippen LogP contribution >= 0.6 is 0 Å². The van der Waals surface area contributed by atoms with Gasteiger partial charge in [-0.2, -0.15) is 0 Å². The third kappa shape index (κ3) is 8.21. The van der Waals surface area contributed by atoms with E-state index in [0.29, 0.717) is 26.2 Å². The summed E-state index contributed by atoms with van der Waals surface area (Å²) in [4.78, 5) is 29.4. The summed E-state index contributed by atoms with van der Waals surface area (Å²) < 4.78 is 10.9. The largest absolute Gasteiger partial charge is 0.465 e. The van der Waals surface area contributed by atoms with Crippen molar-refractivity contribution in [3.8, 4) is 0 Å². The van der Waals surface area contributed by atoms with Crippen LogP contribution < -0.4 is 0 Å². The summed E-state index contributed by atoms with van der Waals surface area (Å²) in [7, 11) is 0. The van der Waals surface area contributed by atoms with Gasteiger partial charge in [0.25, 0.3) is 0 Å². The van der Waals surface area contributed by atoms with E-state index in [9.17, 15) is 9.59 Å². The number of hydrogen-bond donors (Lipinski definition) is 0. The lowest BCUT2D eigenvalue weighted by Gasteiger charge is -2.30. The van der Waals surface area contributed by atoms with Gasteiger partial charge in [-0.3, -0.25) is 14.5 Å². The normalized spacial score (nSPS) is 12.0. The second-order valence-corrected chi connectivity index (χ2v) is 7.82. The van der Waals surface area contributed by atoms with Crippen molar-refractivity contribution in [2.45, 2.75) is 59.5 Å². The first-order chi connectivity index (χ1) is 14.9. The van der Waals surface area contributed by atoms with Crippen LogP contribution in [0.3, 0.4) is 0 Å². The molecule has 0 aliphatic rings. The molecule has 6 nitrogen and oxygen atoms in total. The molecule has 0 bridgehead atoms. The van der Waals surface area contributed by atoms with Crippen molar-refractivity contribution in [1.29, 1.82) is 0 Å². The lowest BCUT2D eigenvalue weighted by Crippen LogP contribution is -2.47. The second-order valence-electron chi connectivity index (χ2n) is 7.82. The molecule has 0 saturated heterocycles. The number of carbonyl (C=O) groups excluding carboxylic acids is 2. The number of aryl methyl sites for hydroxylation is 1. The molecule has 0 radical (unpaired) electrons. The van der Waals surface area contributed by atoms with Gasteiger partial charge in [0.1, 0.15) is 17.6 Å². The number of carbonyl (C=O) groups is 2. The van der Waals surface area contributed by atoms with Crippen LogP contribution in [0.25, 0.3) is 0 Å². The molecule has 170 valence electrons. The molecule has 1 amide bonds. The van der Waals surface area contributed by atoms with E-state index in [1.165, 1.54) is 5.56 Å². The molecule has 0 spiro atoms. The quantitative estimate of drug-likeness (QED) is 0.447. The summed E-state index contributed by atoms with van der Waals surface area (Å²) in [5.74, 6) is 1.28. The smallest absolute Gasteiger partial charge is 0.323 e. The molecule has 0 aliphatic heterocycles. The molecule has 1 aromatic carbocycles. The SMILES string of the molecule is CCCCN(CC(=O)N(CCc1ccccc1)Cc1ccc(C)o1)[C@@H](C)C(=O)OCC. The second kappa shape index (κ2) is 13.0. The Hall–Kier alpha value is -2.60. The first-order valence-corrected chi connectivity index (χ1v) is 11.2. The van der Waals surface area contributed by atoms with E-state index in [1.807, 2.05) is 54.0 Å². The summed E-state index contributed by atoms with van der Waals surface area (Å²) in [5.41, 5.74) is 1.18.